The second-order valence-corrected chi connectivity index (χ2v) is 4.94. The average Bonchev–Trinajstić information content (AvgIpc) is 2.60. The summed E-state index contributed by atoms with van der Waals surface area (Å²) in [5, 5.41) is 18.7. The summed E-state index contributed by atoms with van der Waals surface area (Å²) < 4.78 is 0. The van der Waals surface area contributed by atoms with Crippen molar-refractivity contribution in [2.45, 2.75) is 6.54 Å². The third-order valence-corrected chi connectivity index (χ3v) is 3.42. The van der Waals surface area contributed by atoms with Crippen LogP contribution in [0.25, 0.3) is 10.8 Å². The van der Waals surface area contributed by atoms with Crippen LogP contribution >= 0.6 is 0 Å². The van der Waals surface area contributed by atoms with Gasteiger partial charge in [0.05, 0.1) is 17.0 Å². The fourth-order valence-corrected chi connectivity index (χ4v) is 2.30. The Labute approximate surface area is 131 Å². The lowest BCUT2D eigenvalue weighted by Gasteiger charge is -2.07. The van der Waals surface area contributed by atoms with E-state index < -0.39 is 0 Å². The zero-order valence-corrected chi connectivity index (χ0v) is 12.0. The molecule has 0 saturated heterocycles. The monoisotopic (exact) mass is 304 g/mol. The van der Waals surface area contributed by atoms with E-state index in [0.717, 1.165) is 5.56 Å². The third kappa shape index (κ3) is 2.94. The number of aromatic amines is 1. The maximum Gasteiger partial charge on any atom is 0.272 e. The van der Waals surface area contributed by atoms with Gasteiger partial charge in [0.15, 0.2) is 5.69 Å². The van der Waals surface area contributed by atoms with Crippen molar-refractivity contribution in [3.05, 3.63) is 75.7 Å². The quantitative estimate of drug-likeness (QED) is 0.769. The molecule has 3 rings (SSSR count). The lowest BCUT2D eigenvalue weighted by molar-refractivity contribution is 0.0946. The van der Waals surface area contributed by atoms with E-state index in [2.05, 4.69) is 21.6 Å². The van der Waals surface area contributed by atoms with Gasteiger partial charge in [0, 0.05) is 11.9 Å². The first-order valence-electron chi connectivity index (χ1n) is 6.93. The van der Waals surface area contributed by atoms with Gasteiger partial charge in [-0.2, -0.15) is 10.4 Å². The highest BCUT2D eigenvalue weighted by atomic mass is 16.2. The van der Waals surface area contributed by atoms with Crippen molar-refractivity contribution in [2.24, 2.45) is 0 Å². The predicted molar refractivity (Wildman–Crippen MR) is 84.7 cm³/mol. The molecule has 0 aliphatic rings. The summed E-state index contributed by atoms with van der Waals surface area (Å²) in [5.74, 6) is -0.389. The first-order valence-corrected chi connectivity index (χ1v) is 6.93. The Morgan fingerprint density at radius 2 is 1.96 bits per heavy atom. The van der Waals surface area contributed by atoms with Crippen LogP contribution in [-0.4, -0.2) is 16.1 Å². The number of carbonyl (C=O) groups excluding carboxylic acids is 1. The summed E-state index contributed by atoms with van der Waals surface area (Å²) in [4.78, 5) is 24.1. The van der Waals surface area contributed by atoms with E-state index in [9.17, 15) is 9.59 Å². The molecular formula is C17H12N4O2. The lowest BCUT2D eigenvalue weighted by atomic mass is 10.1. The Morgan fingerprint density at radius 3 is 2.74 bits per heavy atom. The molecule has 2 aromatic carbocycles. The van der Waals surface area contributed by atoms with E-state index in [1.807, 2.05) is 6.07 Å². The smallest absolute Gasteiger partial charge is 0.272 e. The molecular weight excluding hydrogens is 292 g/mol. The van der Waals surface area contributed by atoms with E-state index in [-0.39, 0.29) is 23.7 Å². The van der Waals surface area contributed by atoms with E-state index in [0.29, 0.717) is 16.3 Å². The van der Waals surface area contributed by atoms with Gasteiger partial charge >= 0.3 is 0 Å². The molecule has 0 aliphatic carbocycles. The number of carbonyl (C=O) groups is 1. The molecule has 0 unspecified atom stereocenters. The first kappa shape index (κ1) is 14.5. The highest BCUT2D eigenvalue weighted by Crippen LogP contribution is 2.12. The predicted octanol–water partition coefficient (Wildman–Crippen LogP) is 1.72. The second-order valence-electron chi connectivity index (χ2n) is 4.94. The minimum atomic E-state index is -0.389. The van der Waals surface area contributed by atoms with Gasteiger partial charge in [-0.3, -0.25) is 9.59 Å². The van der Waals surface area contributed by atoms with Crippen molar-refractivity contribution in [1.29, 1.82) is 5.26 Å². The normalized spacial score (nSPS) is 10.2. The van der Waals surface area contributed by atoms with Crippen LogP contribution in [0.1, 0.15) is 21.6 Å². The molecule has 0 spiro atoms. The number of amides is 1. The fraction of sp³-hybridized carbons (Fsp3) is 0.0588. The number of hydrogen-bond donors (Lipinski definition) is 2. The summed E-state index contributed by atoms with van der Waals surface area (Å²) in [6, 6.07) is 15.8. The van der Waals surface area contributed by atoms with Gasteiger partial charge in [-0.1, -0.05) is 30.3 Å². The molecule has 6 heteroatoms. The van der Waals surface area contributed by atoms with E-state index >= 15 is 0 Å². The van der Waals surface area contributed by atoms with Gasteiger partial charge in [0.2, 0.25) is 0 Å². The average molecular weight is 304 g/mol. The third-order valence-electron chi connectivity index (χ3n) is 3.42. The number of nitrogens with zero attached hydrogens (tertiary/aromatic N) is 2. The number of rotatable bonds is 3. The Morgan fingerprint density at radius 1 is 1.17 bits per heavy atom. The Kier molecular flexibility index (Phi) is 3.85. The molecule has 0 saturated carbocycles. The standard InChI is InChI=1S/C17H12N4O2/c18-9-11-4-3-5-12(8-11)10-19-17(23)15-13-6-1-2-7-14(13)16(22)21-20-15/h1-8H,10H2,(H,19,23)(H,21,22). The number of aromatic nitrogens is 2. The van der Waals surface area contributed by atoms with E-state index in [1.165, 1.54) is 0 Å². The van der Waals surface area contributed by atoms with Gasteiger partial charge in [-0.05, 0) is 23.8 Å². The van der Waals surface area contributed by atoms with Gasteiger partial charge in [-0.15, -0.1) is 0 Å². The lowest BCUT2D eigenvalue weighted by Crippen LogP contribution is -2.26. The van der Waals surface area contributed by atoms with Crippen molar-refractivity contribution in [3.8, 4) is 6.07 Å². The van der Waals surface area contributed by atoms with Crippen LogP contribution in [0.15, 0.2) is 53.3 Å². The first-order chi connectivity index (χ1) is 11.2. The Balaban J connectivity index is 1.85. The Hall–Kier alpha value is -3.46. The molecule has 23 heavy (non-hydrogen) atoms. The van der Waals surface area contributed by atoms with Crippen molar-refractivity contribution in [2.75, 3.05) is 0 Å². The van der Waals surface area contributed by atoms with Crippen LogP contribution in [-0.2, 0) is 6.54 Å². The second kappa shape index (κ2) is 6.12. The molecule has 6 nitrogen and oxygen atoms in total. The van der Waals surface area contributed by atoms with Crippen LogP contribution in [0.2, 0.25) is 0 Å². The van der Waals surface area contributed by atoms with Crippen molar-refractivity contribution in [3.63, 3.8) is 0 Å². The van der Waals surface area contributed by atoms with Crippen molar-refractivity contribution >= 4 is 16.7 Å². The number of H-pyrrole nitrogens is 1. The maximum absolute atomic E-state index is 12.3. The zero-order chi connectivity index (χ0) is 16.2. The van der Waals surface area contributed by atoms with Crippen LogP contribution in [0.5, 0.6) is 0 Å². The van der Waals surface area contributed by atoms with Gasteiger partial charge in [-0.25, -0.2) is 5.10 Å². The molecule has 1 heterocycles. The van der Waals surface area contributed by atoms with E-state index in [4.69, 9.17) is 5.26 Å². The van der Waals surface area contributed by atoms with Gasteiger partial charge in [0.25, 0.3) is 11.5 Å². The molecule has 0 aliphatic heterocycles. The molecule has 0 bridgehead atoms. The number of fused-ring (bicyclic) bond motifs is 1. The van der Waals surface area contributed by atoms with Gasteiger partial charge in [0.1, 0.15) is 0 Å². The highest BCUT2D eigenvalue weighted by molar-refractivity contribution is 6.04. The topological polar surface area (TPSA) is 98.6 Å². The molecule has 3 aromatic rings. The molecule has 0 fully saturated rings. The number of nitrogens with one attached hydrogen (secondary N) is 2. The maximum atomic E-state index is 12.3. The molecule has 0 atom stereocenters. The van der Waals surface area contributed by atoms with Crippen LogP contribution in [0, 0.1) is 11.3 Å². The Bertz CT molecular complexity index is 986. The molecule has 2 N–H and O–H groups in total. The van der Waals surface area contributed by atoms with E-state index in [1.54, 1.807) is 42.5 Å². The highest BCUT2D eigenvalue weighted by Gasteiger charge is 2.13. The molecule has 112 valence electrons. The molecule has 0 radical (unpaired) electrons. The summed E-state index contributed by atoms with van der Waals surface area (Å²) in [6.45, 7) is 0.267. The summed E-state index contributed by atoms with van der Waals surface area (Å²) in [6.07, 6.45) is 0. The summed E-state index contributed by atoms with van der Waals surface area (Å²) >= 11 is 0. The number of hydrogen-bond acceptors (Lipinski definition) is 4. The molecule has 1 amide bonds. The summed E-state index contributed by atoms with van der Waals surface area (Å²) in [7, 11) is 0. The zero-order valence-electron chi connectivity index (χ0n) is 12.0. The number of nitriles is 1. The SMILES string of the molecule is N#Cc1cccc(CNC(=O)c2n[nH]c(=O)c3ccccc23)c1. The fourth-order valence-electron chi connectivity index (χ4n) is 2.30. The minimum Gasteiger partial charge on any atom is -0.347 e. The van der Waals surface area contributed by atoms with Crippen LogP contribution in [0.3, 0.4) is 0 Å². The number of benzene rings is 2. The van der Waals surface area contributed by atoms with Crippen LogP contribution < -0.4 is 10.9 Å². The van der Waals surface area contributed by atoms with Crippen molar-refractivity contribution in [1.82, 2.24) is 15.5 Å². The molecule has 1 aromatic heterocycles. The van der Waals surface area contributed by atoms with Crippen LogP contribution in [0.4, 0.5) is 0 Å². The largest absolute Gasteiger partial charge is 0.347 e. The van der Waals surface area contributed by atoms with Crippen molar-refractivity contribution < 1.29 is 4.79 Å². The summed E-state index contributed by atoms with van der Waals surface area (Å²) in [5.41, 5.74) is 1.17. The van der Waals surface area contributed by atoms with Gasteiger partial charge < -0.3 is 5.32 Å². The minimum absolute atomic E-state index is 0.164.